The summed E-state index contributed by atoms with van der Waals surface area (Å²) in [5, 5.41) is 8.65. The molecule has 334 valence electrons. The number of nitrogens with zero attached hydrogens (tertiary/aromatic N) is 6. The fraction of sp³-hybridized carbons (Fsp3) is 0.543. The summed E-state index contributed by atoms with van der Waals surface area (Å²) >= 11 is 0. The number of hydrogen-bond donors (Lipinski definition) is 3. The molecule has 0 radical (unpaired) electrons. The fourth-order valence-corrected chi connectivity index (χ4v) is 10.9. The van der Waals surface area contributed by atoms with E-state index in [1.54, 1.807) is 43.5 Å². The highest BCUT2D eigenvalue weighted by Crippen LogP contribution is 2.46. The lowest BCUT2D eigenvalue weighted by atomic mass is 9.67. The van der Waals surface area contributed by atoms with Gasteiger partial charge in [-0.3, -0.25) is 29.3 Å². The van der Waals surface area contributed by atoms with Crippen LogP contribution in [0.1, 0.15) is 106 Å². The lowest BCUT2D eigenvalue weighted by molar-refractivity contribution is -0.149. The molecule has 1 unspecified atom stereocenters. The molecule has 2 saturated carbocycles. The molecule has 3 N–H and O–H groups in total. The Kier molecular flexibility index (Phi) is 11.5. The minimum Gasteiger partial charge on any atom is -0.495 e. The topological polar surface area (TPSA) is 169 Å². The van der Waals surface area contributed by atoms with Gasteiger partial charge in [0.15, 0.2) is 5.82 Å². The maximum absolute atomic E-state index is 15.2. The van der Waals surface area contributed by atoms with Crippen LogP contribution in [-0.4, -0.2) is 103 Å². The van der Waals surface area contributed by atoms with Gasteiger partial charge in [0.25, 0.3) is 5.91 Å². The summed E-state index contributed by atoms with van der Waals surface area (Å²) in [5.74, 6) is -2.71. The third kappa shape index (κ3) is 8.03. The smallest absolute Gasteiger partial charge is 0.251 e. The lowest BCUT2D eigenvalue weighted by Crippen LogP contribution is -2.61. The zero-order chi connectivity index (χ0) is 44.2. The molecule has 4 aliphatic heterocycles. The second kappa shape index (κ2) is 17.0. The molecule has 5 fully saturated rings. The van der Waals surface area contributed by atoms with Crippen LogP contribution in [-0.2, 0) is 19.2 Å². The van der Waals surface area contributed by atoms with Crippen LogP contribution in [0.5, 0.6) is 5.75 Å². The van der Waals surface area contributed by atoms with Gasteiger partial charge in [-0.2, -0.15) is 4.98 Å². The Morgan fingerprint density at radius 3 is 2.40 bits per heavy atom. The number of benzene rings is 2. The van der Waals surface area contributed by atoms with E-state index in [0.717, 1.165) is 57.2 Å². The van der Waals surface area contributed by atoms with Crippen molar-refractivity contribution in [3.8, 4) is 5.75 Å². The molecule has 2 aromatic carbocycles. The van der Waals surface area contributed by atoms with E-state index in [1.165, 1.54) is 12.1 Å². The van der Waals surface area contributed by atoms with Gasteiger partial charge in [0.05, 0.1) is 30.8 Å². The summed E-state index contributed by atoms with van der Waals surface area (Å²) in [7, 11) is 3.32. The van der Waals surface area contributed by atoms with Gasteiger partial charge in [0.1, 0.15) is 29.1 Å². The van der Waals surface area contributed by atoms with E-state index in [0.29, 0.717) is 73.3 Å². The summed E-state index contributed by atoms with van der Waals surface area (Å²) in [6.45, 7) is 4.15. The van der Waals surface area contributed by atoms with Crippen molar-refractivity contribution >= 4 is 58.4 Å². The van der Waals surface area contributed by atoms with Crippen LogP contribution in [0.2, 0.25) is 0 Å². The number of fused-ring (bicyclic) bond motifs is 1. The van der Waals surface area contributed by atoms with Crippen molar-refractivity contribution in [2.75, 3.05) is 60.4 Å². The third-order valence-corrected chi connectivity index (χ3v) is 14.4. The predicted octanol–water partition coefficient (Wildman–Crippen LogP) is 5.56. The molecule has 6 aliphatic rings. The van der Waals surface area contributed by atoms with E-state index < -0.39 is 29.4 Å². The number of nitrogens with one attached hydrogen (secondary N) is 3. The quantitative estimate of drug-likeness (QED) is 0.218. The van der Waals surface area contributed by atoms with Crippen LogP contribution >= 0.6 is 0 Å². The molecule has 2 aliphatic carbocycles. The number of amides is 5. The Bertz CT molecular complexity index is 2300. The SMILES string of the molecule is CC[C@@H]1C(=O)N(C)c2cnc(Nc3ccc(C(=O)NC4CCC5(CC4)CN(C(=O)[C@@H]4CCN(c6cc(F)c(C7CCC(=O)NC7=O)c(F)c6)C4)C5)cc3OC)nc2N1C1CCCC1. The Balaban J connectivity index is 0.766. The first kappa shape index (κ1) is 42.4. The monoisotopic (exact) mass is 867 g/mol. The molecule has 5 heterocycles. The van der Waals surface area contributed by atoms with Crippen LogP contribution in [0.4, 0.5) is 37.6 Å². The molecule has 3 saturated heterocycles. The number of ether oxygens (including phenoxy) is 1. The van der Waals surface area contributed by atoms with Crippen LogP contribution in [0.15, 0.2) is 36.5 Å². The van der Waals surface area contributed by atoms with Crippen molar-refractivity contribution < 1.29 is 37.5 Å². The Labute approximate surface area is 365 Å². The minimum atomic E-state index is -1.07. The number of likely N-dealkylation sites (tertiary alicyclic amines) is 1. The van der Waals surface area contributed by atoms with Crippen molar-refractivity contribution in [1.82, 2.24) is 25.5 Å². The molecule has 15 nitrogen and oxygen atoms in total. The largest absolute Gasteiger partial charge is 0.495 e. The van der Waals surface area contributed by atoms with Crippen LogP contribution in [0.3, 0.4) is 0 Å². The normalized spacial score (nSPS) is 23.8. The number of carbonyl (C=O) groups is 5. The molecule has 5 amide bonds. The zero-order valence-electron chi connectivity index (χ0n) is 36.1. The van der Waals surface area contributed by atoms with Gasteiger partial charge in [0.2, 0.25) is 29.6 Å². The Hall–Kier alpha value is -5.87. The van der Waals surface area contributed by atoms with Crippen molar-refractivity contribution in [3.63, 3.8) is 0 Å². The van der Waals surface area contributed by atoms with Gasteiger partial charge in [-0.15, -0.1) is 0 Å². The van der Waals surface area contributed by atoms with Crippen molar-refractivity contribution in [2.45, 2.75) is 108 Å². The lowest BCUT2D eigenvalue weighted by Gasteiger charge is -2.54. The first-order valence-electron chi connectivity index (χ1n) is 22.4. The minimum absolute atomic E-state index is 0.00843. The standard InChI is InChI=1S/C46H55F2N9O6/c1-4-35-44(62)54(2)36-22-49-45(53-40(36)57(35)29-7-5-6-8-29)51-34-11-9-26(19-37(34)63-3)41(59)50-28-13-16-46(17-14-28)24-56(25-46)43(61)27-15-18-55(23-27)30-20-32(47)39(33(48)21-30)31-10-12-38(58)52-42(31)60/h9,11,19-22,27-29,31,35H,4-8,10,12-18,23-25H2,1-3H3,(H,50,59)(H,49,51,53)(H,52,58,60)/t27-,31?,35-/m1/s1. The summed E-state index contributed by atoms with van der Waals surface area (Å²) < 4.78 is 36.2. The molecule has 0 bridgehead atoms. The summed E-state index contributed by atoms with van der Waals surface area (Å²) in [6.07, 6.45) is 10.6. The highest BCUT2D eigenvalue weighted by Gasteiger charge is 2.49. The fourth-order valence-electron chi connectivity index (χ4n) is 10.9. The van der Waals surface area contributed by atoms with Crippen LogP contribution in [0.25, 0.3) is 0 Å². The maximum Gasteiger partial charge on any atom is 0.251 e. The van der Waals surface area contributed by atoms with Crippen molar-refractivity contribution in [2.24, 2.45) is 11.3 Å². The molecule has 1 spiro atoms. The molecule has 3 atom stereocenters. The van der Waals surface area contributed by atoms with Gasteiger partial charge in [-0.05, 0) is 88.1 Å². The number of hydrogen-bond acceptors (Lipinski definition) is 11. The average molecular weight is 868 g/mol. The molecule has 9 rings (SSSR count). The summed E-state index contributed by atoms with van der Waals surface area (Å²) in [5.41, 5.74) is 1.76. The van der Waals surface area contributed by atoms with Crippen molar-refractivity contribution in [1.29, 1.82) is 0 Å². The highest BCUT2D eigenvalue weighted by molar-refractivity contribution is 6.04. The van der Waals surface area contributed by atoms with E-state index in [-0.39, 0.29) is 65.6 Å². The number of halogens is 2. The number of methoxy groups -OCH3 is 1. The third-order valence-electron chi connectivity index (χ3n) is 14.4. The van der Waals surface area contributed by atoms with Crippen LogP contribution < -0.4 is 35.4 Å². The number of aromatic nitrogens is 2. The summed E-state index contributed by atoms with van der Waals surface area (Å²) in [6, 6.07) is 7.62. The van der Waals surface area contributed by atoms with E-state index >= 15 is 8.78 Å². The van der Waals surface area contributed by atoms with E-state index in [4.69, 9.17) is 9.72 Å². The first-order valence-corrected chi connectivity index (χ1v) is 22.4. The van der Waals surface area contributed by atoms with Crippen LogP contribution in [0, 0.1) is 23.0 Å². The average Bonchev–Trinajstić information content (AvgIpc) is 3.99. The maximum atomic E-state index is 15.2. The number of imide groups is 1. The van der Waals surface area contributed by atoms with Gasteiger partial charge in [-0.25, -0.2) is 13.8 Å². The molecule has 17 heteroatoms. The summed E-state index contributed by atoms with van der Waals surface area (Å²) in [4.78, 5) is 81.3. The number of likely N-dealkylation sites (N-methyl/N-ethyl adjacent to an activating group) is 1. The van der Waals surface area contributed by atoms with E-state index in [2.05, 4.69) is 25.8 Å². The highest BCUT2D eigenvalue weighted by atomic mass is 19.1. The molecular formula is C46H55F2N9O6. The first-order chi connectivity index (χ1) is 30.3. The molecule has 1 aromatic heterocycles. The zero-order valence-corrected chi connectivity index (χ0v) is 36.1. The van der Waals surface area contributed by atoms with Gasteiger partial charge in [0, 0.05) is 74.0 Å². The second-order valence-corrected chi connectivity index (χ2v) is 18.3. The van der Waals surface area contributed by atoms with Gasteiger partial charge >= 0.3 is 0 Å². The van der Waals surface area contributed by atoms with E-state index in [9.17, 15) is 24.0 Å². The number of carbonyl (C=O) groups excluding carboxylic acids is 5. The molecular weight excluding hydrogens is 813 g/mol. The molecule has 3 aromatic rings. The van der Waals surface area contributed by atoms with Crippen molar-refractivity contribution in [3.05, 3.63) is 59.3 Å². The second-order valence-electron chi connectivity index (χ2n) is 18.3. The predicted molar refractivity (Wildman–Crippen MR) is 231 cm³/mol. The number of piperidine rings is 1. The van der Waals surface area contributed by atoms with E-state index in [1.807, 2.05) is 16.7 Å². The molecule has 63 heavy (non-hydrogen) atoms. The number of rotatable bonds is 10. The van der Waals surface area contributed by atoms with Gasteiger partial charge < -0.3 is 35.0 Å². The number of anilines is 5. The Morgan fingerprint density at radius 2 is 1.71 bits per heavy atom. The van der Waals surface area contributed by atoms with Gasteiger partial charge in [-0.1, -0.05) is 19.8 Å². The Morgan fingerprint density at radius 1 is 0.984 bits per heavy atom.